The average molecular weight is 364 g/mol. The molecule has 5 nitrogen and oxygen atoms in total. The molecule has 0 radical (unpaired) electrons. The first-order valence-corrected chi connectivity index (χ1v) is 8.67. The van der Waals surface area contributed by atoms with Crippen molar-refractivity contribution >= 4 is 5.91 Å². The van der Waals surface area contributed by atoms with Crippen LogP contribution in [0.1, 0.15) is 24.2 Å². The zero-order valence-electron chi connectivity index (χ0n) is 14.4. The number of halogens is 2. The van der Waals surface area contributed by atoms with Crippen molar-refractivity contribution in [2.45, 2.75) is 38.5 Å². The third-order valence-electron chi connectivity index (χ3n) is 4.23. The summed E-state index contributed by atoms with van der Waals surface area (Å²) in [6, 6.07) is 10.7. The minimum absolute atomic E-state index is 0.0268. The number of hydrogen-bond donors (Lipinski definition) is 1. The fourth-order valence-corrected chi connectivity index (χ4v) is 2.78. The lowest BCUT2D eigenvalue weighted by molar-refractivity contribution is -0.122. The van der Waals surface area contributed by atoms with E-state index in [1.165, 1.54) is 12.1 Å². The summed E-state index contributed by atoms with van der Waals surface area (Å²) in [4.78, 5) is 14.3. The summed E-state index contributed by atoms with van der Waals surface area (Å²) in [5.74, 6) is 0.961. The molecule has 0 bridgehead atoms. The van der Waals surface area contributed by atoms with Crippen LogP contribution in [0.3, 0.4) is 0 Å². The Hall–Kier alpha value is -2.41. The number of carbonyl (C=O) groups excluding carboxylic acids is 1. The van der Waals surface area contributed by atoms with Gasteiger partial charge in [-0.1, -0.05) is 12.1 Å². The highest BCUT2D eigenvalue weighted by molar-refractivity contribution is 5.78. The highest BCUT2D eigenvalue weighted by Crippen LogP contribution is 2.28. The molecule has 140 valence electrons. The summed E-state index contributed by atoms with van der Waals surface area (Å²) in [5, 5.41) is 2.91. The van der Waals surface area contributed by atoms with Gasteiger partial charge in [0.05, 0.1) is 19.4 Å². The van der Waals surface area contributed by atoms with Gasteiger partial charge < -0.3 is 14.5 Å². The van der Waals surface area contributed by atoms with Crippen LogP contribution in [-0.2, 0) is 17.8 Å². The van der Waals surface area contributed by atoms with Gasteiger partial charge in [0.25, 0.3) is 0 Å². The van der Waals surface area contributed by atoms with E-state index in [1.54, 1.807) is 18.4 Å². The molecule has 1 aliphatic rings. The van der Waals surface area contributed by atoms with Crippen LogP contribution >= 0.6 is 0 Å². The second-order valence-corrected chi connectivity index (χ2v) is 6.34. The molecule has 1 aliphatic carbocycles. The summed E-state index contributed by atoms with van der Waals surface area (Å²) < 4.78 is 33.9. The third-order valence-corrected chi connectivity index (χ3v) is 4.23. The zero-order chi connectivity index (χ0) is 18.4. The van der Waals surface area contributed by atoms with E-state index in [0.29, 0.717) is 32.1 Å². The van der Waals surface area contributed by atoms with Crippen LogP contribution in [0.4, 0.5) is 8.78 Å². The number of furan rings is 1. The molecule has 0 saturated heterocycles. The first kappa shape index (κ1) is 18.4. The second kappa shape index (κ2) is 8.80. The fourth-order valence-electron chi connectivity index (χ4n) is 2.78. The maximum Gasteiger partial charge on any atom is 0.387 e. The van der Waals surface area contributed by atoms with Gasteiger partial charge in [-0.3, -0.25) is 9.69 Å². The highest BCUT2D eigenvalue weighted by atomic mass is 19.3. The van der Waals surface area contributed by atoms with Gasteiger partial charge in [0.1, 0.15) is 11.5 Å². The molecule has 1 aromatic carbocycles. The topological polar surface area (TPSA) is 54.7 Å². The molecule has 0 atom stereocenters. The molecule has 0 unspecified atom stereocenters. The minimum Gasteiger partial charge on any atom is -0.468 e. The van der Waals surface area contributed by atoms with Gasteiger partial charge in [-0.05, 0) is 49.1 Å². The lowest BCUT2D eigenvalue weighted by Crippen LogP contribution is -2.38. The van der Waals surface area contributed by atoms with Crippen molar-refractivity contribution in [3.63, 3.8) is 0 Å². The Kier molecular flexibility index (Phi) is 6.22. The molecule has 26 heavy (non-hydrogen) atoms. The van der Waals surface area contributed by atoms with E-state index in [9.17, 15) is 13.6 Å². The second-order valence-electron chi connectivity index (χ2n) is 6.34. The number of hydrogen-bond acceptors (Lipinski definition) is 4. The van der Waals surface area contributed by atoms with Crippen molar-refractivity contribution < 1.29 is 22.7 Å². The standard InChI is InChI=1S/C19H22F2N2O3/c20-19(21)26-16-7-3-14(4-8-16)9-10-22-18(24)13-23(15-5-6-15)12-17-2-1-11-25-17/h1-4,7-8,11,15,19H,5-6,9-10,12-13H2,(H,22,24). The van der Waals surface area contributed by atoms with Gasteiger partial charge in [0.2, 0.25) is 5.91 Å². The summed E-state index contributed by atoms with van der Waals surface area (Å²) in [6.07, 6.45) is 4.49. The summed E-state index contributed by atoms with van der Waals surface area (Å²) >= 11 is 0. The van der Waals surface area contributed by atoms with Crippen LogP contribution in [0.5, 0.6) is 5.75 Å². The molecule has 1 saturated carbocycles. The van der Waals surface area contributed by atoms with E-state index >= 15 is 0 Å². The fraction of sp³-hybridized carbons (Fsp3) is 0.421. The number of nitrogens with one attached hydrogen (secondary N) is 1. The van der Waals surface area contributed by atoms with E-state index in [-0.39, 0.29) is 11.7 Å². The molecular weight excluding hydrogens is 342 g/mol. The Morgan fingerprint density at radius 1 is 1.27 bits per heavy atom. The van der Waals surface area contributed by atoms with E-state index in [0.717, 1.165) is 24.2 Å². The van der Waals surface area contributed by atoms with E-state index < -0.39 is 6.61 Å². The largest absolute Gasteiger partial charge is 0.468 e. The monoisotopic (exact) mass is 364 g/mol. The van der Waals surface area contributed by atoms with E-state index in [2.05, 4.69) is 15.0 Å². The molecule has 0 aliphatic heterocycles. The Morgan fingerprint density at radius 3 is 2.65 bits per heavy atom. The third kappa shape index (κ3) is 5.84. The van der Waals surface area contributed by atoms with Gasteiger partial charge in [0, 0.05) is 12.6 Å². The molecule has 1 heterocycles. The van der Waals surface area contributed by atoms with Gasteiger partial charge in [0.15, 0.2) is 0 Å². The maximum atomic E-state index is 12.2. The minimum atomic E-state index is -2.82. The van der Waals surface area contributed by atoms with Crippen LogP contribution in [-0.4, -0.2) is 36.5 Å². The van der Waals surface area contributed by atoms with Crippen molar-refractivity contribution in [3.8, 4) is 5.75 Å². The van der Waals surface area contributed by atoms with Crippen LogP contribution in [0.15, 0.2) is 47.1 Å². The van der Waals surface area contributed by atoms with Crippen molar-refractivity contribution in [3.05, 3.63) is 54.0 Å². The number of carbonyl (C=O) groups is 1. The van der Waals surface area contributed by atoms with Crippen LogP contribution in [0, 0.1) is 0 Å². The Balaban J connectivity index is 1.40. The summed E-state index contributed by atoms with van der Waals surface area (Å²) in [7, 11) is 0. The number of amides is 1. The molecule has 0 spiro atoms. The van der Waals surface area contributed by atoms with Gasteiger partial charge >= 0.3 is 6.61 Å². The normalized spacial score (nSPS) is 14.0. The van der Waals surface area contributed by atoms with E-state index in [1.807, 2.05) is 12.1 Å². The van der Waals surface area contributed by atoms with Crippen molar-refractivity contribution in [1.82, 2.24) is 10.2 Å². The molecule has 1 fully saturated rings. The van der Waals surface area contributed by atoms with Crippen molar-refractivity contribution in [2.75, 3.05) is 13.1 Å². The molecule has 2 aromatic rings. The number of benzene rings is 1. The smallest absolute Gasteiger partial charge is 0.387 e. The van der Waals surface area contributed by atoms with Crippen molar-refractivity contribution in [1.29, 1.82) is 0 Å². The average Bonchev–Trinajstić information content (AvgIpc) is 3.33. The SMILES string of the molecule is O=C(CN(Cc1ccco1)C1CC1)NCCc1ccc(OC(F)F)cc1. The van der Waals surface area contributed by atoms with Gasteiger partial charge in [-0.25, -0.2) is 0 Å². The molecule has 1 aromatic heterocycles. The molecule has 1 amide bonds. The van der Waals surface area contributed by atoms with Gasteiger partial charge in [-0.15, -0.1) is 0 Å². The molecular formula is C19H22F2N2O3. The summed E-state index contributed by atoms with van der Waals surface area (Å²) in [6.45, 7) is -1.35. The highest BCUT2D eigenvalue weighted by Gasteiger charge is 2.30. The first-order valence-electron chi connectivity index (χ1n) is 8.67. The van der Waals surface area contributed by atoms with Crippen molar-refractivity contribution in [2.24, 2.45) is 0 Å². The Labute approximate surface area is 150 Å². The number of ether oxygens (including phenoxy) is 1. The number of alkyl halides is 2. The predicted molar refractivity (Wildman–Crippen MR) is 91.9 cm³/mol. The Bertz CT molecular complexity index is 685. The first-order chi connectivity index (χ1) is 12.6. The predicted octanol–water partition coefficient (Wildman–Crippen LogP) is 3.20. The number of nitrogens with zero attached hydrogens (tertiary/aromatic N) is 1. The van der Waals surface area contributed by atoms with Crippen LogP contribution < -0.4 is 10.1 Å². The van der Waals surface area contributed by atoms with E-state index in [4.69, 9.17) is 4.42 Å². The lowest BCUT2D eigenvalue weighted by atomic mass is 10.1. The molecule has 7 heteroatoms. The maximum absolute atomic E-state index is 12.2. The lowest BCUT2D eigenvalue weighted by Gasteiger charge is -2.20. The quantitative estimate of drug-likeness (QED) is 0.703. The molecule has 3 rings (SSSR count). The zero-order valence-corrected chi connectivity index (χ0v) is 14.4. The Morgan fingerprint density at radius 2 is 2.04 bits per heavy atom. The van der Waals surface area contributed by atoms with Crippen LogP contribution in [0.25, 0.3) is 0 Å². The van der Waals surface area contributed by atoms with Crippen LogP contribution in [0.2, 0.25) is 0 Å². The van der Waals surface area contributed by atoms with Gasteiger partial charge in [-0.2, -0.15) is 8.78 Å². The molecule has 1 N–H and O–H groups in total. The number of rotatable bonds is 10. The summed E-state index contributed by atoms with van der Waals surface area (Å²) in [5.41, 5.74) is 0.946.